The minimum Gasteiger partial charge on any atom is -0.264 e. The Morgan fingerprint density at radius 2 is 1.77 bits per heavy atom. The number of aromatic nitrogens is 2. The predicted molar refractivity (Wildman–Crippen MR) is 51.4 cm³/mol. The number of rotatable bonds is 2. The standard InChI is InChI=1S/C10H17FN2/c1-6(2)10-9(11)8(5)13(12-10)7(3)4/h6-7H,1-5H3. The van der Waals surface area contributed by atoms with Crippen LogP contribution in [0.25, 0.3) is 0 Å². The highest BCUT2D eigenvalue weighted by molar-refractivity contribution is 5.15. The van der Waals surface area contributed by atoms with Gasteiger partial charge in [0.05, 0.1) is 5.69 Å². The van der Waals surface area contributed by atoms with E-state index in [-0.39, 0.29) is 17.8 Å². The number of nitrogens with zero attached hydrogens (tertiary/aromatic N) is 2. The van der Waals surface area contributed by atoms with E-state index >= 15 is 0 Å². The molecule has 0 N–H and O–H groups in total. The Morgan fingerprint density at radius 1 is 1.23 bits per heavy atom. The maximum absolute atomic E-state index is 13.5. The molecule has 1 aromatic heterocycles. The van der Waals surface area contributed by atoms with Crippen LogP contribution in [0.1, 0.15) is 51.0 Å². The second-order valence-electron chi connectivity index (χ2n) is 3.98. The van der Waals surface area contributed by atoms with E-state index in [0.717, 1.165) is 0 Å². The quantitative estimate of drug-likeness (QED) is 0.690. The van der Waals surface area contributed by atoms with Crippen molar-refractivity contribution in [3.8, 4) is 0 Å². The predicted octanol–water partition coefficient (Wildman–Crippen LogP) is 3.03. The average Bonchev–Trinajstić information content (AvgIpc) is 2.29. The van der Waals surface area contributed by atoms with E-state index in [1.54, 1.807) is 11.6 Å². The maximum Gasteiger partial charge on any atom is 0.167 e. The molecule has 0 saturated heterocycles. The molecule has 1 rings (SSSR count). The first-order valence-electron chi connectivity index (χ1n) is 4.69. The lowest BCUT2D eigenvalue weighted by atomic mass is 10.1. The van der Waals surface area contributed by atoms with Crippen LogP contribution in [-0.4, -0.2) is 9.78 Å². The molecule has 2 nitrogen and oxygen atoms in total. The lowest BCUT2D eigenvalue weighted by Gasteiger charge is -2.06. The van der Waals surface area contributed by atoms with Crippen LogP contribution in [0.5, 0.6) is 0 Å². The zero-order valence-corrected chi connectivity index (χ0v) is 8.93. The van der Waals surface area contributed by atoms with Crippen LogP contribution in [0.15, 0.2) is 0 Å². The molecule has 0 bridgehead atoms. The van der Waals surface area contributed by atoms with E-state index < -0.39 is 0 Å². The lowest BCUT2D eigenvalue weighted by molar-refractivity contribution is 0.507. The summed E-state index contributed by atoms with van der Waals surface area (Å²) in [6.07, 6.45) is 0. The van der Waals surface area contributed by atoms with Gasteiger partial charge in [0.25, 0.3) is 0 Å². The number of hydrogen-bond donors (Lipinski definition) is 0. The van der Waals surface area contributed by atoms with Crippen molar-refractivity contribution in [1.29, 1.82) is 0 Å². The Morgan fingerprint density at radius 3 is 2.00 bits per heavy atom. The van der Waals surface area contributed by atoms with Crippen molar-refractivity contribution in [2.24, 2.45) is 0 Å². The van der Waals surface area contributed by atoms with Gasteiger partial charge in [0, 0.05) is 12.0 Å². The van der Waals surface area contributed by atoms with Gasteiger partial charge in [-0.25, -0.2) is 4.39 Å². The van der Waals surface area contributed by atoms with Crippen molar-refractivity contribution < 1.29 is 4.39 Å². The average molecular weight is 184 g/mol. The van der Waals surface area contributed by atoms with Crippen molar-refractivity contribution in [2.75, 3.05) is 0 Å². The molecule has 0 aromatic carbocycles. The van der Waals surface area contributed by atoms with Crippen LogP contribution in [0, 0.1) is 12.7 Å². The first-order valence-corrected chi connectivity index (χ1v) is 4.69. The summed E-state index contributed by atoms with van der Waals surface area (Å²) in [4.78, 5) is 0. The molecule has 1 aromatic rings. The molecule has 0 saturated carbocycles. The zero-order chi connectivity index (χ0) is 10.2. The SMILES string of the molecule is Cc1c(F)c(C(C)C)nn1C(C)C. The van der Waals surface area contributed by atoms with Gasteiger partial charge in [-0.1, -0.05) is 13.8 Å². The van der Waals surface area contributed by atoms with Gasteiger partial charge in [0.2, 0.25) is 0 Å². The minimum absolute atomic E-state index is 0.149. The minimum atomic E-state index is -0.149. The van der Waals surface area contributed by atoms with Crippen LogP contribution in [0.2, 0.25) is 0 Å². The van der Waals surface area contributed by atoms with Gasteiger partial charge in [-0.15, -0.1) is 0 Å². The summed E-state index contributed by atoms with van der Waals surface area (Å²) in [5, 5.41) is 4.25. The summed E-state index contributed by atoms with van der Waals surface area (Å²) in [5.74, 6) is 0.00222. The van der Waals surface area contributed by atoms with E-state index in [1.807, 2.05) is 27.7 Å². The Hall–Kier alpha value is -0.860. The summed E-state index contributed by atoms with van der Waals surface area (Å²) in [6.45, 7) is 9.69. The van der Waals surface area contributed by atoms with Crippen LogP contribution >= 0.6 is 0 Å². The van der Waals surface area contributed by atoms with Gasteiger partial charge in [0.15, 0.2) is 5.82 Å². The molecule has 3 heteroatoms. The van der Waals surface area contributed by atoms with Crippen molar-refractivity contribution in [3.63, 3.8) is 0 Å². The summed E-state index contributed by atoms with van der Waals surface area (Å²) in [7, 11) is 0. The maximum atomic E-state index is 13.5. The van der Waals surface area contributed by atoms with Crippen molar-refractivity contribution in [3.05, 3.63) is 17.2 Å². The van der Waals surface area contributed by atoms with E-state index in [4.69, 9.17) is 0 Å². The first kappa shape index (κ1) is 10.2. The fourth-order valence-corrected chi connectivity index (χ4v) is 1.39. The Kier molecular flexibility index (Phi) is 2.74. The van der Waals surface area contributed by atoms with Gasteiger partial charge in [-0.3, -0.25) is 4.68 Å². The van der Waals surface area contributed by atoms with E-state index in [0.29, 0.717) is 11.4 Å². The van der Waals surface area contributed by atoms with Crippen LogP contribution in [0.3, 0.4) is 0 Å². The zero-order valence-electron chi connectivity index (χ0n) is 8.93. The van der Waals surface area contributed by atoms with Crippen molar-refractivity contribution >= 4 is 0 Å². The van der Waals surface area contributed by atoms with E-state index in [1.165, 1.54) is 0 Å². The molecule has 0 aliphatic heterocycles. The third-order valence-corrected chi connectivity index (χ3v) is 2.14. The summed E-state index contributed by atoms with van der Waals surface area (Å²) < 4.78 is 15.3. The monoisotopic (exact) mass is 184 g/mol. The van der Waals surface area contributed by atoms with Crippen molar-refractivity contribution in [1.82, 2.24) is 9.78 Å². The normalized spacial score (nSPS) is 11.7. The highest BCUT2D eigenvalue weighted by Gasteiger charge is 2.17. The Bertz CT molecular complexity index is 272. The van der Waals surface area contributed by atoms with Gasteiger partial charge >= 0.3 is 0 Å². The summed E-state index contributed by atoms with van der Waals surface area (Å²) in [5.41, 5.74) is 1.21. The van der Waals surface area contributed by atoms with Crippen LogP contribution in [-0.2, 0) is 0 Å². The molecule has 0 spiro atoms. The number of hydrogen-bond acceptors (Lipinski definition) is 1. The summed E-state index contributed by atoms with van der Waals surface area (Å²) in [6, 6.07) is 0.224. The van der Waals surface area contributed by atoms with E-state index in [2.05, 4.69) is 5.10 Å². The molecular formula is C10H17FN2. The molecule has 74 valence electrons. The topological polar surface area (TPSA) is 17.8 Å². The largest absolute Gasteiger partial charge is 0.264 e. The highest BCUT2D eigenvalue weighted by Crippen LogP contribution is 2.21. The summed E-state index contributed by atoms with van der Waals surface area (Å²) >= 11 is 0. The van der Waals surface area contributed by atoms with Gasteiger partial charge in [0.1, 0.15) is 5.69 Å². The smallest absolute Gasteiger partial charge is 0.167 e. The second kappa shape index (κ2) is 3.48. The fraction of sp³-hybridized carbons (Fsp3) is 0.700. The van der Waals surface area contributed by atoms with Crippen LogP contribution < -0.4 is 0 Å². The van der Waals surface area contributed by atoms with Gasteiger partial charge in [-0.05, 0) is 20.8 Å². The van der Waals surface area contributed by atoms with Crippen LogP contribution in [0.4, 0.5) is 4.39 Å². The molecule has 0 aliphatic rings. The molecule has 0 atom stereocenters. The third-order valence-electron chi connectivity index (χ3n) is 2.14. The number of halogens is 1. The lowest BCUT2D eigenvalue weighted by Crippen LogP contribution is -2.05. The van der Waals surface area contributed by atoms with Gasteiger partial charge in [-0.2, -0.15) is 5.10 Å². The third kappa shape index (κ3) is 1.74. The molecule has 0 unspecified atom stereocenters. The molecule has 0 aliphatic carbocycles. The van der Waals surface area contributed by atoms with Gasteiger partial charge < -0.3 is 0 Å². The first-order chi connectivity index (χ1) is 5.95. The Labute approximate surface area is 78.8 Å². The highest BCUT2D eigenvalue weighted by atomic mass is 19.1. The Balaban J connectivity index is 3.20. The van der Waals surface area contributed by atoms with Crippen molar-refractivity contribution in [2.45, 2.75) is 46.6 Å². The molecular weight excluding hydrogens is 167 g/mol. The molecule has 1 heterocycles. The fourth-order valence-electron chi connectivity index (χ4n) is 1.39. The molecule has 0 amide bonds. The molecule has 0 radical (unpaired) electrons. The van der Waals surface area contributed by atoms with E-state index in [9.17, 15) is 4.39 Å². The molecule has 13 heavy (non-hydrogen) atoms. The second-order valence-corrected chi connectivity index (χ2v) is 3.98. The molecule has 0 fully saturated rings.